The van der Waals surface area contributed by atoms with Crippen LogP contribution in [0.5, 0.6) is 5.75 Å². The molecule has 1 aromatic carbocycles. The van der Waals surface area contributed by atoms with Gasteiger partial charge in [-0.1, -0.05) is 0 Å². The molecule has 0 aliphatic heterocycles. The second-order valence-electron chi connectivity index (χ2n) is 6.14. The zero-order chi connectivity index (χ0) is 19.1. The summed E-state index contributed by atoms with van der Waals surface area (Å²) in [6.07, 6.45) is 0.602. The number of carbonyl (C=O) groups excluding carboxylic acids is 2. The van der Waals surface area contributed by atoms with Crippen molar-refractivity contribution in [2.24, 2.45) is 22.2 Å². The number of rotatable bonds is 8. The lowest BCUT2D eigenvalue weighted by Gasteiger charge is -2.21. The lowest BCUT2D eigenvalue weighted by atomic mass is 9.94. The van der Waals surface area contributed by atoms with Crippen LogP contribution in [-0.4, -0.2) is 41.4 Å². The van der Waals surface area contributed by atoms with Gasteiger partial charge in [0, 0.05) is 13.0 Å². The fourth-order valence-electron chi connectivity index (χ4n) is 2.54. The molecule has 0 bridgehead atoms. The summed E-state index contributed by atoms with van der Waals surface area (Å²) in [6.45, 7) is 5.35. The summed E-state index contributed by atoms with van der Waals surface area (Å²) in [5, 5.41) is 12.3. The van der Waals surface area contributed by atoms with E-state index in [0.29, 0.717) is 6.42 Å². The Hall–Kier alpha value is -2.61. The minimum Gasteiger partial charge on any atom is -0.508 e. The van der Waals surface area contributed by atoms with E-state index >= 15 is 0 Å². The molecular weight excluding hydrogens is 322 g/mol. The van der Waals surface area contributed by atoms with Crippen LogP contribution >= 0.6 is 0 Å². The molecule has 0 unspecified atom stereocenters. The van der Waals surface area contributed by atoms with Crippen molar-refractivity contribution in [1.82, 2.24) is 5.32 Å². The molecule has 8 nitrogen and oxygen atoms in total. The maximum Gasteiger partial charge on any atom is 0.237 e. The number of nitrogens with two attached hydrogens (primary N) is 3. The van der Waals surface area contributed by atoms with Crippen LogP contribution in [0.2, 0.25) is 0 Å². The topological polar surface area (TPSA) is 157 Å². The second-order valence-corrected chi connectivity index (χ2v) is 6.14. The van der Waals surface area contributed by atoms with Crippen LogP contribution in [0, 0.1) is 13.8 Å². The number of ketones is 1. The summed E-state index contributed by atoms with van der Waals surface area (Å²) >= 11 is 0. The Balaban J connectivity index is 2.80. The number of guanidine groups is 1. The number of phenols is 1. The second kappa shape index (κ2) is 9.03. The Morgan fingerprint density at radius 1 is 1.24 bits per heavy atom. The van der Waals surface area contributed by atoms with Gasteiger partial charge in [-0.25, -0.2) is 0 Å². The molecule has 0 fully saturated rings. The number of aryl methyl sites for hydroxylation is 2. The van der Waals surface area contributed by atoms with Crippen LogP contribution < -0.4 is 22.5 Å². The minimum absolute atomic E-state index is 0.0625. The first-order chi connectivity index (χ1) is 11.6. The van der Waals surface area contributed by atoms with E-state index in [0.717, 1.165) is 16.7 Å². The number of hydrogen-bond donors (Lipinski definition) is 5. The first-order valence-electron chi connectivity index (χ1n) is 8.02. The maximum atomic E-state index is 12.2. The molecule has 8 heteroatoms. The fraction of sp³-hybridized carbons (Fsp3) is 0.471. The Kier molecular flexibility index (Phi) is 7.38. The number of carbonyl (C=O) groups is 2. The molecular formula is C17H27N5O3. The van der Waals surface area contributed by atoms with Gasteiger partial charge >= 0.3 is 0 Å². The number of benzene rings is 1. The van der Waals surface area contributed by atoms with Crippen LogP contribution in [0.25, 0.3) is 0 Å². The number of nitrogens with one attached hydrogen (secondary N) is 1. The van der Waals surface area contributed by atoms with Crippen molar-refractivity contribution in [3.05, 3.63) is 28.8 Å². The molecule has 1 amide bonds. The molecule has 0 heterocycles. The van der Waals surface area contributed by atoms with Crippen molar-refractivity contribution in [2.75, 3.05) is 6.54 Å². The fourth-order valence-corrected chi connectivity index (χ4v) is 2.54. The minimum atomic E-state index is -0.813. The predicted molar refractivity (Wildman–Crippen MR) is 97.2 cm³/mol. The molecule has 0 aliphatic carbocycles. The highest BCUT2D eigenvalue weighted by Crippen LogP contribution is 2.22. The number of nitrogens with zero attached hydrogens (tertiary/aromatic N) is 1. The monoisotopic (exact) mass is 349 g/mol. The van der Waals surface area contributed by atoms with Crippen molar-refractivity contribution >= 4 is 17.6 Å². The van der Waals surface area contributed by atoms with E-state index in [1.807, 2.05) is 13.8 Å². The van der Waals surface area contributed by atoms with Crippen molar-refractivity contribution in [3.8, 4) is 5.75 Å². The van der Waals surface area contributed by atoms with Crippen LogP contribution in [0.4, 0.5) is 0 Å². The van der Waals surface area contributed by atoms with Crippen molar-refractivity contribution in [2.45, 2.75) is 45.7 Å². The molecule has 25 heavy (non-hydrogen) atoms. The number of Topliss-reactive ketones (excluding diaryl/α,β-unsaturated/α-hetero) is 1. The maximum absolute atomic E-state index is 12.2. The Bertz CT molecular complexity index is 645. The summed E-state index contributed by atoms with van der Waals surface area (Å²) in [5.74, 6) is -0.492. The van der Waals surface area contributed by atoms with Gasteiger partial charge in [-0.3, -0.25) is 14.6 Å². The van der Waals surface area contributed by atoms with E-state index in [2.05, 4.69) is 10.3 Å². The van der Waals surface area contributed by atoms with Crippen molar-refractivity contribution in [1.29, 1.82) is 0 Å². The van der Waals surface area contributed by atoms with Gasteiger partial charge in [0.15, 0.2) is 11.7 Å². The molecule has 8 N–H and O–H groups in total. The molecule has 0 saturated carbocycles. The Morgan fingerprint density at radius 3 is 2.28 bits per heavy atom. The van der Waals surface area contributed by atoms with Gasteiger partial charge in [0.25, 0.3) is 0 Å². The van der Waals surface area contributed by atoms with Gasteiger partial charge in [-0.2, -0.15) is 0 Å². The zero-order valence-electron chi connectivity index (χ0n) is 14.9. The third kappa shape index (κ3) is 6.42. The third-order valence-electron chi connectivity index (χ3n) is 3.97. The highest BCUT2D eigenvalue weighted by atomic mass is 16.3. The normalized spacial score (nSPS) is 13.0. The number of hydrogen-bond acceptors (Lipinski definition) is 5. The SMILES string of the molecule is CC(=O)[C@H](Cc1c(C)cc(O)cc1C)NC(=O)[C@H](N)CCN=C(N)N. The van der Waals surface area contributed by atoms with Crippen LogP contribution in [0.3, 0.4) is 0 Å². The smallest absolute Gasteiger partial charge is 0.237 e. The predicted octanol–water partition coefficient (Wildman–Crippen LogP) is -0.384. The number of aliphatic imine (C=N–C) groups is 1. The lowest BCUT2D eigenvalue weighted by molar-refractivity contribution is -0.127. The summed E-state index contributed by atoms with van der Waals surface area (Å²) in [5.41, 5.74) is 18.9. The highest BCUT2D eigenvalue weighted by molar-refractivity contribution is 5.89. The molecule has 0 aliphatic rings. The van der Waals surface area contributed by atoms with Crippen molar-refractivity contribution < 1.29 is 14.7 Å². The van der Waals surface area contributed by atoms with E-state index in [4.69, 9.17) is 17.2 Å². The summed E-state index contributed by atoms with van der Waals surface area (Å²) < 4.78 is 0. The standard InChI is InChI=1S/C17H27N5O3/c1-9-6-12(24)7-10(2)13(9)8-15(11(3)23)22-16(25)14(18)4-5-21-17(19)20/h6-7,14-15,24H,4-5,8,18H2,1-3H3,(H,22,25)(H4,19,20,21)/t14-,15+/m1/s1. The highest BCUT2D eigenvalue weighted by Gasteiger charge is 2.22. The summed E-state index contributed by atoms with van der Waals surface area (Å²) in [4.78, 5) is 27.9. The molecule has 1 aromatic rings. The molecule has 0 aromatic heterocycles. The van der Waals surface area contributed by atoms with Gasteiger partial charge < -0.3 is 27.6 Å². The molecule has 0 spiro atoms. The first-order valence-corrected chi connectivity index (χ1v) is 8.02. The zero-order valence-corrected chi connectivity index (χ0v) is 14.9. The van der Waals surface area contributed by atoms with Gasteiger partial charge in [0.05, 0.1) is 12.1 Å². The van der Waals surface area contributed by atoms with E-state index < -0.39 is 18.0 Å². The van der Waals surface area contributed by atoms with E-state index in [9.17, 15) is 14.7 Å². The van der Waals surface area contributed by atoms with Crippen LogP contribution in [-0.2, 0) is 16.0 Å². The quantitative estimate of drug-likeness (QED) is 0.318. The summed E-state index contributed by atoms with van der Waals surface area (Å²) in [6, 6.07) is 1.75. The average Bonchev–Trinajstić information content (AvgIpc) is 2.48. The van der Waals surface area contributed by atoms with Gasteiger partial charge in [-0.15, -0.1) is 0 Å². The van der Waals surface area contributed by atoms with E-state index in [1.165, 1.54) is 6.92 Å². The average molecular weight is 349 g/mol. The number of aromatic hydroxyl groups is 1. The lowest BCUT2D eigenvalue weighted by Crippen LogP contribution is -2.49. The van der Waals surface area contributed by atoms with Gasteiger partial charge in [0.1, 0.15) is 5.75 Å². The first kappa shape index (κ1) is 20.4. The Morgan fingerprint density at radius 2 is 1.80 bits per heavy atom. The number of amides is 1. The third-order valence-corrected chi connectivity index (χ3v) is 3.97. The summed E-state index contributed by atoms with van der Waals surface area (Å²) in [7, 11) is 0. The van der Waals surface area contributed by atoms with Crippen LogP contribution in [0.1, 0.15) is 30.0 Å². The van der Waals surface area contributed by atoms with E-state index in [1.54, 1.807) is 12.1 Å². The largest absolute Gasteiger partial charge is 0.508 e. The molecule has 2 atom stereocenters. The van der Waals surface area contributed by atoms with E-state index in [-0.39, 0.29) is 30.5 Å². The van der Waals surface area contributed by atoms with Crippen molar-refractivity contribution in [3.63, 3.8) is 0 Å². The number of phenolic OH excluding ortho intramolecular Hbond substituents is 1. The van der Waals surface area contributed by atoms with Gasteiger partial charge in [-0.05, 0) is 56.0 Å². The molecule has 1 rings (SSSR count). The van der Waals surface area contributed by atoms with Gasteiger partial charge in [0.2, 0.25) is 5.91 Å². The Labute approximate surface area is 147 Å². The molecule has 0 saturated heterocycles. The van der Waals surface area contributed by atoms with Crippen LogP contribution in [0.15, 0.2) is 17.1 Å². The molecule has 138 valence electrons. The molecule has 0 radical (unpaired) electrons.